The molecule has 0 aromatic heterocycles. The van der Waals surface area contributed by atoms with Crippen LogP contribution >= 0.6 is 0 Å². The molecule has 0 N–H and O–H groups in total. The number of halogens is 1. The molecule has 0 aliphatic carbocycles. The fourth-order valence-electron chi connectivity index (χ4n) is 2.62. The second-order valence-electron chi connectivity index (χ2n) is 6.02. The Morgan fingerprint density at radius 2 is 1.23 bits per heavy atom. The Morgan fingerprint density at radius 1 is 0.769 bits per heavy atom. The quantitative estimate of drug-likeness (QED) is 0.322. The average molecular weight is 457 g/mol. The first-order chi connectivity index (χ1) is 12.2. The van der Waals surface area contributed by atoms with Crippen LogP contribution in [0.5, 0.6) is 0 Å². The van der Waals surface area contributed by atoms with E-state index in [9.17, 15) is 0 Å². The summed E-state index contributed by atoms with van der Waals surface area (Å²) in [6.45, 7) is 4.60. The Labute approximate surface area is 179 Å². The van der Waals surface area contributed by atoms with Gasteiger partial charge in [0.1, 0.15) is 0 Å². The van der Waals surface area contributed by atoms with Gasteiger partial charge in [0.05, 0.1) is 0 Å². The van der Waals surface area contributed by atoms with Gasteiger partial charge < -0.3 is 12.4 Å². The van der Waals surface area contributed by atoms with Crippen molar-refractivity contribution >= 4 is 27.0 Å². The van der Waals surface area contributed by atoms with Gasteiger partial charge in [0, 0.05) is 0 Å². The van der Waals surface area contributed by atoms with Crippen molar-refractivity contribution in [1.82, 2.24) is 0 Å². The molecule has 0 saturated carbocycles. The Kier molecular flexibility index (Phi) is 11.8. The molecule has 136 valence electrons. The van der Waals surface area contributed by atoms with Gasteiger partial charge in [-0.3, -0.25) is 0 Å². The van der Waals surface area contributed by atoms with E-state index in [0.717, 1.165) is 0 Å². The van der Waals surface area contributed by atoms with E-state index < -0.39 is 0 Å². The van der Waals surface area contributed by atoms with Gasteiger partial charge in [-0.1, -0.05) is 12.1 Å². The van der Waals surface area contributed by atoms with E-state index in [0.29, 0.717) is 0 Å². The minimum Gasteiger partial charge on any atom is -1.00 e. The molecule has 0 spiro atoms. The van der Waals surface area contributed by atoms with E-state index in [1.807, 2.05) is 23.3 Å². The van der Waals surface area contributed by atoms with Crippen LogP contribution in [0.3, 0.4) is 0 Å². The molecule has 0 aliphatic rings. The zero-order chi connectivity index (χ0) is 17.9. The van der Waals surface area contributed by atoms with Gasteiger partial charge in [0.25, 0.3) is 0 Å². The van der Waals surface area contributed by atoms with Gasteiger partial charge >= 0.3 is 61.1 Å². The van der Waals surface area contributed by atoms with Crippen LogP contribution in [0.2, 0.25) is 12.1 Å². The SMILES string of the molecule is CCC[Si](=[Zr])CC.[Cl-].c1ccc2[cH-]ccc2c1.c1ccc2[cH-]ccc2c1. The molecular weight excluding hydrogens is 431 g/mol. The minimum absolute atomic E-state index is 0. The molecule has 0 saturated heterocycles. The predicted octanol–water partition coefficient (Wildman–Crippen LogP) is 4.08. The van der Waals surface area contributed by atoms with Crippen molar-refractivity contribution in [2.75, 3.05) is 0 Å². The van der Waals surface area contributed by atoms with Gasteiger partial charge in [0.2, 0.25) is 0 Å². The molecule has 0 radical (unpaired) electrons. The van der Waals surface area contributed by atoms with Crippen LogP contribution in [-0.4, -0.2) is 5.43 Å². The Hall–Kier alpha value is -0.950. The second kappa shape index (κ2) is 13.3. The van der Waals surface area contributed by atoms with E-state index in [-0.39, 0.29) is 17.8 Å². The molecule has 4 aromatic rings. The summed E-state index contributed by atoms with van der Waals surface area (Å²) in [6, 6.07) is 32.4. The summed E-state index contributed by atoms with van der Waals surface area (Å²) < 4.78 is 0. The Balaban J connectivity index is 0.000000194. The summed E-state index contributed by atoms with van der Waals surface area (Å²) in [5.41, 5.74) is 0.210. The summed E-state index contributed by atoms with van der Waals surface area (Å²) in [5.74, 6) is 0. The second-order valence-corrected chi connectivity index (χ2v) is 13.6. The van der Waals surface area contributed by atoms with Crippen LogP contribution in [0.4, 0.5) is 0 Å². The molecule has 0 unspecified atom stereocenters. The topological polar surface area (TPSA) is 0 Å². The fourth-order valence-corrected chi connectivity index (χ4v) is 5.42. The maximum atomic E-state index is 2.32. The monoisotopic (exact) mass is 455 g/mol. The maximum absolute atomic E-state index is 2.32. The van der Waals surface area contributed by atoms with Gasteiger partial charge in [0.15, 0.2) is 0 Å². The normalized spacial score (nSPS) is 9.42. The summed E-state index contributed by atoms with van der Waals surface area (Å²) in [6.07, 6.45) is 1.41. The third kappa shape index (κ3) is 7.74. The average Bonchev–Trinajstić information content (AvgIpc) is 3.32. The molecule has 0 nitrogen and oxygen atoms in total. The number of hydrogen-bond donors (Lipinski definition) is 0. The van der Waals surface area contributed by atoms with Crippen molar-refractivity contribution in [1.29, 1.82) is 0 Å². The smallest absolute Gasteiger partial charge is 0.0809 e. The van der Waals surface area contributed by atoms with Crippen LogP contribution in [0.25, 0.3) is 21.5 Å². The van der Waals surface area contributed by atoms with Crippen LogP contribution in [-0.2, 0) is 23.3 Å². The van der Waals surface area contributed by atoms with E-state index in [1.54, 1.807) is 6.04 Å². The third-order valence-electron chi connectivity index (χ3n) is 4.07. The number of fused-ring (bicyclic) bond motifs is 2. The molecule has 0 aliphatic heterocycles. The number of rotatable bonds is 3. The van der Waals surface area contributed by atoms with Gasteiger partial charge in [-0.15, -0.1) is 59.3 Å². The van der Waals surface area contributed by atoms with Gasteiger partial charge in [-0.2, -0.15) is 35.0 Å². The molecule has 4 aromatic carbocycles. The summed E-state index contributed by atoms with van der Waals surface area (Å²) in [7, 11) is 0. The molecule has 0 bridgehead atoms. The van der Waals surface area contributed by atoms with Crippen molar-refractivity contribution in [2.24, 2.45) is 0 Å². The first kappa shape index (κ1) is 23.1. The third-order valence-corrected chi connectivity index (χ3v) is 10.5. The van der Waals surface area contributed by atoms with E-state index >= 15 is 0 Å². The van der Waals surface area contributed by atoms with Crippen molar-refractivity contribution in [3.8, 4) is 0 Å². The van der Waals surface area contributed by atoms with Gasteiger partial charge in [-0.05, 0) is 0 Å². The minimum atomic E-state index is 0. The molecule has 0 amide bonds. The predicted molar refractivity (Wildman–Crippen MR) is 110 cm³/mol. The van der Waals surface area contributed by atoms with Crippen LogP contribution in [0, 0.1) is 0 Å². The number of hydrogen-bond acceptors (Lipinski definition) is 0. The zero-order valence-corrected chi connectivity index (χ0v) is 19.8. The van der Waals surface area contributed by atoms with Gasteiger partial charge in [-0.25, -0.2) is 0 Å². The van der Waals surface area contributed by atoms with Crippen molar-refractivity contribution in [2.45, 2.75) is 32.4 Å². The summed E-state index contributed by atoms with van der Waals surface area (Å²) in [4.78, 5) is 0. The molecule has 0 fully saturated rings. The first-order valence-corrected chi connectivity index (χ1v) is 14.6. The maximum Gasteiger partial charge on any atom is -0.0809 e. The molecule has 0 heterocycles. The number of benzene rings is 2. The summed E-state index contributed by atoms with van der Waals surface area (Å²) >= 11 is 1.82. The fraction of sp³-hybridized carbons (Fsp3) is 0.217. The van der Waals surface area contributed by atoms with Crippen LogP contribution in [0.15, 0.2) is 84.9 Å². The van der Waals surface area contributed by atoms with Crippen molar-refractivity contribution < 1.29 is 35.7 Å². The molecular formula is C23H26ClSiZr-3. The molecule has 26 heavy (non-hydrogen) atoms. The summed E-state index contributed by atoms with van der Waals surface area (Å²) in [5, 5.41) is 5.32. The standard InChI is InChI=1S/2C9H7.C5H12Si.ClH.Zr/c2*1-2-5-9-7-3-6-8(9)4-1;1-3-5-6-4-2;;/h2*1-7H;3-5H2,1-2H3;1H;/q2*-1;;;/p-1. The Bertz CT molecular complexity index is 765. The van der Waals surface area contributed by atoms with Crippen LogP contribution in [0.1, 0.15) is 20.3 Å². The van der Waals surface area contributed by atoms with Crippen molar-refractivity contribution in [3.63, 3.8) is 0 Å². The largest absolute Gasteiger partial charge is 1.00 e. The van der Waals surface area contributed by atoms with Crippen LogP contribution < -0.4 is 12.4 Å². The molecule has 4 rings (SSSR count). The van der Waals surface area contributed by atoms with Crippen molar-refractivity contribution in [3.05, 3.63) is 84.9 Å². The zero-order valence-electron chi connectivity index (χ0n) is 15.6. The molecule has 0 atom stereocenters. The first-order valence-electron chi connectivity index (χ1n) is 9.01. The Morgan fingerprint density at radius 3 is 1.58 bits per heavy atom. The van der Waals surface area contributed by atoms with E-state index in [2.05, 4.69) is 98.8 Å². The molecule has 3 heteroatoms. The van der Waals surface area contributed by atoms with E-state index in [4.69, 9.17) is 0 Å². The van der Waals surface area contributed by atoms with E-state index in [1.165, 1.54) is 34.0 Å².